The van der Waals surface area contributed by atoms with E-state index in [1.807, 2.05) is 0 Å². The molecule has 0 saturated carbocycles. The van der Waals surface area contributed by atoms with Crippen molar-refractivity contribution in [1.82, 2.24) is 5.32 Å². The summed E-state index contributed by atoms with van der Waals surface area (Å²) in [5.41, 5.74) is 0. The lowest BCUT2D eigenvalue weighted by molar-refractivity contribution is -0.302. The second-order valence-corrected chi connectivity index (χ2v) is 16.9. The molecular weight excluding hydrogens is 707 g/mol. The molecule has 0 radical (unpaired) electrons. The molecule has 1 rings (SSSR count). The molecule has 0 spiro atoms. The van der Waals surface area contributed by atoms with Gasteiger partial charge in [-0.3, -0.25) is 4.79 Å². The first-order chi connectivity index (χ1) is 27.3. The third kappa shape index (κ3) is 28.4. The average molecular weight is 798 g/mol. The van der Waals surface area contributed by atoms with E-state index in [1.165, 1.54) is 148 Å². The summed E-state index contributed by atoms with van der Waals surface area (Å²) in [6, 6.07) is -0.722. The molecule has 6 N–H and O–H groups in total. The van der Waals surface area contributed by atoms with E-state index in [0.29, 0.717) is 12.8 Å². The SMILES string of the molecule is CCCCCCCC/C=C\CCCCCC(=O)NC(COC1OC(CO)C(O)C(O)C1O)C(O)CCCCCCCCCCCCCCCCCCCCCC. The molecular formula is C47H91NO8. The lowest BCUT2D eigenvalue weighted by Gasteiger charge is -2.40. The molecule has 1 fully saturated rings. The first-order valence-electron chi connectivity index (χ1n) is 23.9. The number of ether oxygens (including phenoxy) is 2. The third-order valence-corrected chi connectivity index (χ3v) is 11.6. The molecule has 0 aromatic carbocycles. The molecule has 56 heavy (non-hydrogen) atoms. The number of amides is 1. The van der Waals surface area contributed by atoms with Crippen LogP contribution in [0.3, 0.4) is 0 Å². The summed E-state index contributed by atoms with van der Waals surface area (Å²) in [4.78, 5) is 12.9. The van der Waals surface area contributed by atoms with Crippen LogP contribution in [0.15, 0.2) is 12.2 Å². The second kappa shape index (κ2) is 38.2. The second-order valence-electron chi connectivity index (χ2n) is 16.9. The zero-order chi connectivity index (χ0) is 40.9. The molecule has 0 bridgehead atoms. The summed E-state index contributed by atoms with van der Waals surface area (Å²) >= 11 is 0. The van der Waals surface area contributed by atoms with Crippen LogP contribution in [0.2, 0.25) is 0 Å². The topological polar surface area (TPSA) is 149 Å². The van der Waals surface area contributed by atoms with E-state index >= 15 is 0 Å². The first-order valence-corrected chi connectivity index (χ1v) is 23.9. The van der Waals surface area contributed by atoms with Crippen LogP contribution in [0.4, 0.5) is 0 Å². The van der Waals surface area contributed by atoms with Gasteiger partial charge in [-0.1, -0.05) is 193 Å². The summed E-state index contributed by atoms with van der Waals surface area (Å²) < 4.78 is 11.3. The van der Waals surface area contributed by atoms with Crippen molar-refractivity contribution in [3.8, 4) is 0 Å². The van der Waals surface area contributed by atoms with Crippen molar-refractivity contribution >= 4 is 5.91 Å². The molecule has 0 aliphatic carbocycles. The van der Waals surface area contributed by atoms with Crippen LogP contribution in [0, 0.1) is 0 Å². The van der Waals surface area contributed by atoms with Gasteiger partial charge in [-0.05, 0) is 38.5 Å². The summed E-state index contributed by atoms with van der Waals surface area (Å²) in [5, 5.41) is 54.4. The Bertz CT molecular complexity index is 888. The van der Waals surface area contributed by atoms with Crippen molar-refractivity contribution < 1.29 is 39.8 Å². The number of carbonyl (C=O) groups excluding carboxylic acids is 1. The standard InChI is InChI=1S/C47H91NO8/c1-3-5-7-9-11-13-15-17-18-19-20-21-22-23-25-26-28-30-32-34-36-41(50)40(39-55-47-46(54)45(53)44(52)42(38-49)56-47)48-43(51)37-35-33-31-29-27-24-16-14-12-10-8-6-4-2/h24,27,40-42,44-47,49-50,52-54H,3-23,25-26,28-39H2,1-2H3,(H,48,51)/b27-24-. The van der Waals surface area contributed by atoms with Crippen molar-refractivity contribution in [2.45, 2.75) is 269 Å². The van der Waals surface area contributed by atoms with Crippen LogP contribution in [0.5, 0.6) is 0 Å². The molecule has 7 unspecified atom stereocenters. The van der Waals surface area contributed by atoms with Gasteiger partial charge in [0.2, 0.25) is 5.91 Å². The molecule has 1 aliphatic rings. The Morgan fingerprint density at radius 1 is 0.589 bits per heavy atom. The van der Waals surface area contributed by atoms with Crippen LogP contribution in [0.1, 0.15) is 226 Å². The van der Waals surface area contributed by atoms with Crippen molar-refractivity contribution in [3.63, 3.8) is 0 Å². The van der Waals surface area contributed by atoms with Crippen molar-refractivity contribution in [2.24, 2.45) is 0 Å². The minimum atomic E-state index is -1.55. The van der Waals surface area contributed by atoms with Gasteiger partial charge in [-0.2, -0.15) is 0 Å². The van der Waals surface area contributed by atoms with Crippen molar-refractivity contribution in [2.75, 3.05) is 13.2 Å². The van der Waals surface area contributed by atoms with E-state index < -0.39 is 49.5 Å². The maximum absolute atomic E-state index is 12.9. The summed E-state index contributed by atoms with van der Waals surface area (Å²) in [6.07, 6.45) is 36.5. The fourth-order valence-electron chi connectivity index (χ4n) is 7.74. The largest absolute Gasteiger partial charge is 0.394 e. The van der Waals surface area contributed by atoms with Gasteiger partial charge in [-0.15, -0.1) is 0 Å². The number of hydrogen-bond acceptors (Lipinski definition) is 8. The minimum absolute atomic E-state index is 0.141. The smallest absolute Gasteiger partial charge is 0.220 e. The maximum atomic E-state index is 12.9. The number of rotatable bonds is 40. The number of carbonyl (C=O) groups is 1. The van der Waals surface area contributed by atoms with Gasteiger partial charge >= 0.3 is 0 Å². The van der Waals surface area contributed by atoms with Gasteiger partial charge in [0.15, 0.2) is 6.29 Å². The summed E-state index contributed by atoms with van der Waals surface area (Å²) in [6.45, 7) is 3.83. The first kappa shape index (κ1) is 52.9. The minimum Gasteiger partial charge on any atom is -0.394 e. The van der Waals surface area contributed by atoms with E-state index in [2.05, 4.69) is 31.3 Å². The molecule has 9 nitrogen and oxygen atoms in total. The van der Waals surface area contributed by atoms with Crippen LogP contribution >= 0.6 is 0 Å². The van der Waals surface area contributed by atoms with E-state index in [9.17, 15) is 30.3 Å². The Morgan fingerprint density at radius 3 is 1.45 bits per heavy atom. The van der Waals surface area contributed by atoms with Crippen LogP contribution in [-0.4, -0.2) is 87.5 Å². The zero-order valence-electron chi connectivity index (χ0n) is 36.4. The Kier molecular flexibility index (Phi) is 36.1. The Hall–Kier alpha value is -1.07. The van der Waals surface area contributed by atoms with E-state index in [-0.39, 0.29) is 12.5 Å². The highest BCUT2D eigenvalue weighted by atomic mass is 16.7. The molecule has 0 aromatic heterocycles. The van der Waals surface area contributed by atoms with Gasteiger partial charge in [-0.25, -0.2) is 0 Å². The maximum Gasteiger partial charge on any atom is 0.220 e. The highest BCUT2D eigenvalue weighted by molar-refractivity contribution is 5.76. The molecule has 1 aliphatic heterocycles. The van der Waals surface area contributed by atoms with Gasteiger partial charge in [0, 0.05) is 6.42 Å². The lowest BCUT2D eigenvalue weighted by Crippen LogP contribution is -2.60. The predicted molar refractivity (Wildman–Crippen MR) is 231 cm³/mol. The number of aliphatic hydroxyl groups is 5. The van der Waals surface area contributed by atoms with Gasteiger partial charge in [0.05, 0.1) is 25.4 Å². The highest BCUT2D eigenvalue weighted by Gasteiger charge is 2.44. The number of hydrogen-bond donors (Lipinski definition) is 6. The predicted octanol–water partition coefficient (Wildman–Crippen LogP) is 10.1. The lowest BCUT2D eigenvalue weighted by atomic mass is 9.99. The number of aliphatic hydroxyl groups excluding tert-OH is 5. The summed E-state index contributed by atoms with van der Waals surface area (Å²) in [5.74, 6) is -0.159. The Labute approximate surface area is 344 Å². The van der Waals surface area contributed by atoms with Gasteiger partial charge < -0.3 is 40.3 Å². The summed E-state index contributed by atoms with van der Waals surface area (Å²) in [7, 11) is 0. The fraction of sp³-hybridized carbons (Fsp3) is 0.936. The Morgan fingerprint density at radius 2 is 1.00 bits per heavy atom. The van der Waals surface area contributed by atoms with Gasteiger partial charge in [0.25, 0.3) is 0 Å². The normalized spacial score (nSPS) is 21.2. The van der Waals surface area contributed by atoms with Crippen molar-refractivity contribution in [3.05, 3.63) is 12.2 Å². The number of nitrogens with one attached hydrogen (secondary N) is 1. The molecule has 0 aromatic rings. The molecule has 1 heterocycles. The molecule has 9 heteroatoms. The van der Waals surface area contributed by atoms with Crippen LogP contribution < -0.4 is 5.32 Å². The van der Waals surface area contributed by atoms with E-state index in [0.717, 1.165) is 51.4 Å². The van der Waals surface area contributed by atoms with Crippen LogP contribution in [0.25, 0.3) is 0 Å². The monoisotopic (exact) mass is 798 g/mol. The van der Waals surface area contributed by atoms with E-state index in [1.54, 1.807) is 0 Å². The van der Waals surface area contributed by atoms with Crippen LogP contribution in [-0.2, 0) is 14.3 Å². The quantitative estimate of drug-likeness (QED) is 0.0265. The zero-order valence-corrected chi connectivity index (χ0v) is 36.4. The molecule has 1 saturated heterocycles. The highest BCUT2D eigenvalue weighted by Crippen LogP contribution is 2.23. The van der Waals surface area contributed by atoms with E-state index in [4.69, 9.17) is 9.47 Å². The van der Waals surface area contributed by atoms with Gasteiger partial charge in [0.1, 0.15) is 24.4 Å². The molecule has 1 amide bonds. The third-order valence-electron chi connectivity index (χ3n) is 11.6. The van der Waals surface area contributed by atoms with Crippen molar-refractivity contribution in [1.29, 1.82) is 0 Å². The number of unbranched alkanes of at least 4 members (excludes halogenated alkanes) is 28. The molecule has 7 atom stereocenters. The number of allylic oxidation sites excluding steroid dienone is 2. The fourth-order valence-corrected chi connectivity index (χ4v) is 7.74. The molecule has 332 valence electrons. The Balaban J connectivity index is 2.29. The average Bonchev–Trinajstić information content (AvgIpc) is 3.20.